The van der Waals surface area contributed by atoms with Gasteiger partial charge in [-0.15, -0.1) is 0 Å². The van der Waals surface area contributed by atoms with E-state index in [0.29, 0.717) is 0 Å². The van der Waals surface area contributed by atoms with Gasteiger partial charge in [0.2, 0.25) is 0 Å². The molecule has 0 saturated carbocycles. The highest BCUT2D eigenvalue weighted by Crippen LogP contribution is 2.15. The molecule has 0 bridgehead atoms. The van der Waals surface area contributed by atoms with Crippen LogP contribution in [0.1, 0.15) is 51.1 Å². The molecule has 1 unspecified atom stereocenters. The number of carbonyl (C=O) groups excluding carboxylic acids is 1. The summed E-state index contributed by atoms with van der Waals surface area (Å²) in [6.07, 6.45) is 4.28. The van der Waals surface area contributed by atoms with E-state index in [1.165, 1.54) is 6.42 Å². The van der Waals surface area contributed by atoms with Crippen molar-refractivity contribution in [1.82, 2.24) is 10.6 Å². The molecule has 2 N–H and O–H groups in total. The van der Waals surface area contributed by atoms with Crippen molar-refractivity contribution in [1.29, 1.82) is 0 Å². The molecule has 0 fully saturated rings. The molecule has 1 rings (SSSR count). The van der Waals surface area contributed by atoms with E-state index in [1.807, 2.05) is 30.3 Å². The highest BCUT2D eigenvalue weighted by Gasteiger charge is 2.11. The third-order valence-corrected chi connectivity index (χ3v) is 2.98. The first-order chi connectivity index (χ1) is 8.77. The van der Waals surface area contributed by atoms with E-state index in [0.717, 1.165) is 31.4 Å². The van der Waals surface area contributed by atoms with Crippen molar-refractivity contribution in [3.8, 4) is 0 Å². The van der Waals surface area contributed by atoms with Crippen LogP contribution in [0.25, 0.3) is 0 Å². The SMILES string of the molecule is CCCCCNC(=O)NC(CC)c1ccccc1. The molecule has 100 valence electrons. The van der Waals surface area contributed by atoms with Crippen LogP contribution in [-0.2, 0) is 0 Å². The second kappa shape index (κ2) is 8.56. The molecular weight excluding hydrogens is 224 g/mol. The molecule has 0 saturated heterocycles. The number of unbranched alkanes of at least 4 members (excludes halogenated alkanes) is 2. The number of urea groups is 1. The van der Waals surface area contributed by atoms with Crippen LogP contribution in [0.3, 0.4) is 0 Å². The van der Waals surface area contributed by atoms with E-state index < -0.39 is 0 Å². The molecule has 0 aromatic heterocycles. The third-order valence-electron chi connectivity index (χ3n) is 2.98. The maximum absolute atomic E-state index is 11.7. The number of benzene rings is 1. The fourth-order valence-electron chi connectivity index (χ4n) is 1.89. The summed E-state index contributed by atoms with van der Waals surface area (Å²) in [4.78, 5) is 11.7. The predicted molar refractivity (Wildman–Crippen MR) is 75.5 cm³/mol. The van der Waals surface area contributed by atoms with Gasteiger partial charge >= 0.3 is 6.03 Å². The summed E-state index contributed by atoms with van der Waals surface area (Å²) in [6.45, 7) is 4.99. The number of rotatable bonds is 7. The van der Waals surface area contributed by atoms with Gasteiger partial charge in [-0.25, -0.2) is 4.79 Å². The van der Waals surface area contributed by atoms with Gasteiger partial charge < -0.3 is 10.6 Å². The van der Waals surface area contributed by atoms with Crippen LogP contribution < -0.4 is 10.6 Å². The second-order valence-electron chi connectivity index (χ2n) is 4.48. The summed E-state index contributed by atoms with van der Waals surface area (Å²) in [6, 6.07) is 10.1. The fourth-order valence-corrected chi connectivity index (χ4v) is 1.89. The number of amides is 2. The van der Waals surface area contributed by atoms with Crippen LogP contribution in [0.15, 0.2) is 30.3 Å². The highest BCUT2D eigenvalue weighted by atomic mass is 16.2. The van der Waals surface area contributed by atoms with Crippen molar-refractivity contribution in [2.45, 2.75) is 45.6 Å². The van der Waals surface area contributed by atoms with Gasteiger partial charge in [0.15, 0.2) is 0 Å². The lowest BCUT2D eigenvalue weighted by Crippen LogP contribution is -2.38. The van der Waals surface area contributed by atoms with E-state index in [1.54, 1.807) is 0 Å². The first-order valence-corrected chi connectivity index (χ1v) is 6.87. The molecule has 18 heavy (non-hydrogen) atoms. The van der Waals surface area contributed by atoms with Crippen LogP contribution in [0.2, 0.25) is 0 Å². The maximum Gasteiger partial charge on any atom is 0.315 e. The van der Waals surface area contributed by atoms with Crippen LogP contribution in [0.4, 0.5) is 4.79 Å². The summed E-state index contributed by atoms with van der Waals surface area (Å²) in [5, 5.41) is 5.91. The maximum atomic E-state index is 11.7. The first kappa shape index (κ1) is 14.6. The fraction of sp³-hybridized carbons (Fsp3) is 0.533. The molecular formula is C15H24N2O. The topological polar surface area (TPSA) is 41.1 Å². The first-order valence-electron chi connectivity index (χ1n) is 6.87. The monoisotopic (exact) mass is 248 g/mol. The minimum absolute atomic E-state index is 0.0678. The lowest BCUT2D eigenvalue weighted by atomic mass is 10.1. The average molecular weight is 248 g/mol. The predicted octanol–water partition coefficient (Wildman–Crippen LogP) is 3.63. The standard InChI is InChI=1S/C15H24N2O/c1-3-5-9-12-16-15(18)17-14(4-2)13-10-7-6-8-11-13/h6-8,10-11,14H,3-5,9,12H2,1-2H3,(H2,16,17,18). The Morgan fingerprint density at radius 1 is 1.17 bits per heavy atom. The van der Waals surface area contributed by atoms with Crippen molar-refractivity contribution < 1.29 is 4.79 Å². The smallest absolute Gasteiger partial charge is 0.315 e. The molecule has 0 aliphatic carbocycles. The molecule has 3 heteroatoms. The van der Waals surface area contributed by atoms with E-state index >= 15 is 0 Å². The van der Waals surface area contributed by atoms with Crippen molar-refractivity contribution in [3.63, 3.8) is 0 Å². The molecule has 0 aliphatic rings. The molecule has 3 nitrogen and oxygen atoms in total. The number of hydrogen-bond acceptors (Lipinski definition) is 1. The quantitative estimate of drug-likeness (QED) is 0.711. The lowest BCUT2D eigenvalue weighted by molar-refractivity contribution is 0.236. The molecule has 0 spiro atoms. The van der Waals surface area contributed by atoms with Crippen LogP contribution in [-0.4, -0.2) is 12.6 Å². The van der Waals surface area contributed by atoms with Crippen LogP contribution in [0.5, 0.6) is 0 Å². The van der Waals surface area contributed by atoms with Gasteiger partial charge in [-0.1, -0.05) is 57.0 Å². The summed E-state index contributed by atoms with van der Waals surface area (Å²) >= 11 is 0. The Balaban J connectivity index is 2.37. The Bertz CT molecular complexity index is 338. The van der Waals surface area contributed by atoms with Crippen molar-refractivity contribution in [2.24, 2.45) is 0 Å². The molecule has 0 radical (unpaired) electrons. The molecule has 2 amide bonds. The van der Waals surface area contributed by atoms with Crippen molar-refractivity contribution >= 4 is 6.03 Å². The lowest BCUT2D eigenvalue weighted by Gasteiger charge is -2.17. The van der Waals surface area contributed by atoms with Gasteiger partial charge in [-0.3, -0.25) is 0 Å². The summed E-state index contributed by atoms with van der Waals surface area (Å²) in [5.41, 5.74) is 1.16. The van der Waals surface area contributed by atoms with Crippen LogP contribution >= 0.6 is 0 Å². The molecule has 1 aromatic carbocycles. The Labute approximate surface area is 110 Å². The van der Waals surface area contributed by atoms with Gasteiger partial charge in [0.05, 0.1) is 6.04 Å². The van der Waals surface area contributed by atoms with Gasteiger partial charge in [0, 0.05) is 6.54 Å². The molecule has 1 atom stereocenters. The molecule has 0 heterocycles. The van der Waals surface area contributed by atoms with E-state index in [2.05, 4.69) is 24.5 Å². The van der Waals surface area contributed by atoms with Gasteiger partial charge in [0.25, 0.3) is 0 Å². The summed E-state index contributed by atoms with van der Waals surface area (Å²) in [5.74, 6) is 0. The molecule has 0 aliphatic heterocycles. The molecule has 1 aromatic rings. The number of hydrogen-bond donors (Lipinski definition) is 2. The zero-order valence-electron chi connectivity index (χ0n) is 11.4. The third kappa shape index (κ3) is 5.21. The summed E-state index contributed by atoms with van der Waals surface area (Å²) < 4.78 is 0. The van der Waals surface area contributed by atoms with Gasteiger partial charge in [0.1, 0.15) is 0 Å². The number of carbonyl (C=O) groups is 1. The Kier molecular flexibility index (Phi) is 6.92. The van der Waals surface area contributed by atoms with Crippen LogP contribution in [0, 0.1) is 0 Å². The Hall–Kier alpha value is -1.51. The second-order valence-corrected chi connectivity index (χ2v) is 4.48. The van der Waals surface area contributed by atoms with Gasteiger partial charge in [-0.2, -0.15) is 0 Å². The van der Waals surface area contributed by atoms with Crippen molar-refractivity contribution in [3.05, 3.63) is 35.9 Å². The minimum Gasteiger partial charge on any atom is -0.338 e. The summed E-state index contributed by atoms with van der Waals surface area (Å²) in [7, 11) is 0. The largest absolute Gasteiger partial charge is 0.338 e. The zero-order chi connectivity index (χ0) is 13.2. The Morgan fingerprint density at radius 3 is 2.50 bits per heavy atom. The van der Waals surface area contributed by atoms with Gasteiger partial charge in [-0.05, 0) is 18.4 Å². The van der Waals surface area contributed by atoms with E-state index in [9.17, 15) is 4.79 Å². The Morgan fingerprint density at radius 2 is 1.89 bits per heavy atom. The minimum atomic E-state index is -0.0678. The number of nitrogens with one attached hydrogen (secondary N) is 2. The van der Waals surface area contributed by atoms with E-state index in [4.69, 9.17) is 0 Å². The van der Waals surface area contributed by atoms with E-state index in [-0.39, 0.29) is 12.1 Å². The highest BCUT2D eigenvalue weighted by molar-refractivity contribution is 5.74. The average Bonchev–Trinajstić information content (AvgIpc) is 2.42. The zero-order valence-corrected chi connectivity index (χ0v) is 11.4. The normalized spacial score (nSPS) is 11.9. The van der Waals surface area contributed by atoms with Crippen molar-refractivity contribution in [2.75, 3.05) is 6.54 Å².